The second-order valence-corrected chi connectivity index (χ2v) is 4.59. The second kappa shape index (κ2) is 6.70. The topological polar surface area (TPSA) is 53.3 Å². The first kappa shape index (κ1) is 14.1. The van der Waals surface area contributed by atoms with Crippen LogP contribution in [0.4, 0.5) is 22.7 Å². The summed E-state index contributed by atoms with van der Waals surface area (Å²) < 4.78 is 0. The van der Waals surface area contributed by atoms with E-state index in [0.717, 1.165) is 30.2 Å². The molecule has 0 aliphatic carbocycles. The molecule has 4 N–H and O–H groups in total. The van der Waals surface area contributed by atoms with Crippen molar-refractivity contribution in [1.82, 2.24) is 0 Å². The molecule has 0 aliphatic heterocycles. The molecule has 2 rings (SSSR count). The lowest BCUT2D eigenvalue weighted by molar-refractivity contribution is 0.866. The highest BCUT2D eigenvalue weighted by molar-refractivity contribution is 5.59. The number of hydrogen-bond donors (Lipinski definition) is 3. The summed E-state index contributed by atoms with van der Waals surface area (Å²) in [5.74, 6) is 0. The van der Waals surface area contributed by atoms with E-state index < -0.39 is 0 Å². The highest BCUT2D eigenvalue weighted by Crippen LogP contribution is 2.18. The summed E-state index contributed by atoms with van der Waals surface area (Å²) in [6.07, 6.45) is 0. The van der Waals surface area contributed by atoms with Gasteiger partial charge in [0.1, 0.15) is 0 Å². The van der Waals surface area contributed by atoms with Gasteiger partial charge >= 0.3 is 0 Å². The molecule has 0 bridgehead atoms. The van der Waals surface area contributed by atoms with Crippen LogP contribution in [0.3, 0.4) is 0 Å². The number of hydrazine groups is 1. The fourth-order valence-electron chi connectivity index (χ4n) is 2.06. The lowest BCUT2D eigenvalue weighted by atomic mass is 10.2. The minimum atomic E-state index is 0.763. The third-order valence-corrected chi connectivity index (χ3v) is 3.26. The van der Waals surface area contributed by atoms with Crippen LogP contribution in [0.2, 0.25) is 0 Å². The van der Waals surface area contributed by atoms with Crippen molar-refractivity contribution in [2.75, 3.05) is 34.6 Å². The molecule has 4 nitrogen and oxygen atoms in total. The van der Waals surface area contributed by atoms with Gasteiger partial charge in [-0.25, -0.2) is 0 Å². The summed E-state index contributed by atoms with van der Waals surface area (Å²) in [7, 11) is 0. The molecule has 0 spiro atoms. The number of anilines is 4. The zero-order chi connectivity index (χ0) is 14.4. The van der Waals surface area contributed by atoms with Crippen molar-refractivity contribution in [2.45, 2.75) is 13.8 Å². The fraction of sp³-hybridized carbons (Fsp3) is 0.250. The van der Waals surface area contributed by atoms with Crippen LogP contribution in [0.25, 0.3) is 0 Å². The van der Waals surface area contributed by atoms with Crippen LogP contribution >= 0.6 is 0 Å². The average molecular weight is 270 g/mol. The maximum Gasteiger partial charge on any atom is 0.0541 e. The van der Waals surface area contributed by atoms with E-state index in [0.29, 0.717) is 0 Å². The molecular formula is C16H22N4. The third-order valence-electron chi connectivity index (χ3n) is 3.26. The molecule has 0 radical (unpaired) electrons. The van der Waals surface area contributed by atoms with Gasteiger partial charge in [0.2, 0.25) is 0 Å². The molecule has 0 fully saturated rings. The Hall–Kier alpha value is -2.36. The van der Waals surface area contributed by atoms with Crippen LogP contribution in [0.15, 0.2) is 48.5 Å². The van der Waals surface area contributed by atoms with E-state index in [2.05, 4.69) is 53.9 Å². The van der Waals surface area contributed by atoms with Crippen molar-refractivity contribution in [3.05, 3.63) is 48.5 Å². The highest BCUT2D eigenvalue weighted by atomic mass is 15.4. The Morgan fingerprint density at radius 2 is 1.25 bits per heavy atom. The average Bonchev–Trinajstić information content (AvgIpc) is 2.49. The molecule has 0 saturated carbocycles. The smallest absolute Gasteiger partial charge is 0.0541 e. The Morgan fingerprint density at radius 3 is 1.70 bits per heavy atom. The van der Waals surface area contributed by atoms with E-state index in [4.69, 9.17) is 5.73 Å². The predicted octanol–water partition coefficient (Wildman–Crippen LogP) is 3.55. The van der Waals surface area contributed by atoms with E-state index in [1.54, 1.807) is 0 Å². The summed E-state index contributed by atoms with van der Waals surface area (Å²) in [6.45, 7) is 6.37. The van der Waals surface area contributed by atoms with Gasteiger partial charge in [-0.2, -0.15) is 0 Å². The van der Waals surface area contributed by atoms with Gasteiger partial charge in [-0.3, -0.25) is 0 Å². The normalized spacial score (nSPS) is 10.1. The van der Waals surface area contributed by atoms with Crippen molar-refractivity contribution in [3.63, 3.8) is 0 Å². The minimum Gasteiger partial charge on any atom is -0.399 e. The number of nitrogens with one attached hydrogen (secondary N) is 2. The molecule has 0 heterocycles. The highest BCUT2D eigenvalue weighted by Gasteiger charge is 2.01. The summed E-state index contributed by atoms with van der Waals surface area (Å²) in [4.78, 5) is 2.32. The van der Waals surface area contributed by atoms with Gasteiger partial charge in [-0.15, -0.1) is 0 Å². The maximum absolute atomic E-state index is 5.65. The minimum absolute atomic E-state index is 0.763. The van der Waals surface area contributed by atoms with E-state index in [1.807, 2.05) is 24.3 Å². The Labute approximate surface area is 120 Å². The van der Waals surface area contributed by atoms with Gasteiger partial charge in [-0.05, 0) is 62.4 Å². The molecule has 0 amide bonds. The lowest BCUT2D eigenvalue weighted by Crippen LogP contribution is -2.21. The largest absolute Gasteiger partial charge is 0.399 e. The Bertz CT molecular complexity index is 515. The van der Waals surface area contributed by atoms with Crippen LogP contribution in [0.5, 0.6) is 0 Å². The Morgan fingerprint density at radius 1 is 0.800 bits per heavy atom. The zero-order valence-electron chi connectivity index (χ0n) is 12.1. The summed E-state index contributed by atoms with van der Waals surface area (Å²) in [6, 6.07) is 16.0. The van der Waals surface area contributed by atoms with E-state index >= 15 is 0 Å². The molecule has 0 atom stereocenters. The van der Waals surface area contributed by atoms with Gasteiger partial charge in [0, 0.05) is 24.5 Å². The lowest BCUT2D eigenvalue weighted by Gasteiger charge is -2.21. The van der Waals surface area contributed by atoms with Crippen molar-refractivity contribution < 1.29 is 0 Å². The molecule has 4 heteroatoms. The molecule has 2 aromatic rings. The number of rotatable bonds is 6. The molecule has 106 valence electrons. The first-order valence-electron chi connectivity index (χ1n) is 6.95. The van der Waals surface area contributed by atoms with Gasteiger partial charge in [0.15, 0.2) is 0 Å². The van der Waals surface area contributed by atoms with Crippen LogP contribution < -0.4 is 21.5 Å². The van der Waals surface area contributed by atoms with Crippen LogP contribution in [-0.2, 0) is 0 Å². The summed E-state index contributed by atoms with van der Waals surface area (Å²) in [5.41, 5.74) is 16.0. The summed E-state index contributed by atoms with van der Waals surface area (Å²) >= 11 is 0. The number of nitrogens with zero attached hydrogens (tertiary/aromatic N) is 1. The fourth-order valence-corrected chi connectivity index (χ4v) is 2.06. The van der Waals surface area contributed by atoms with Crippen LogP contribution in [0.1, 0.15) is 13.8 Å². The first-order chi connectivity index (χ1) is 9.72. The van der Waals surface area contributed by atoms with Gasteiger partial charge in [0.25, 0.3) is 0 Å². The third kappa shape index (κ3) is 3.57. The monoisotopic (exact) mass is 270 g/mol. The Balaban J connectivity index is 1.95. The SMILES string of the molecule is CCN(CC)c1ccc(NNc2ccc(N)cc2)cc1. The molecule has 0 aromatic heterocycles. The summed E-state index contributed by atoms with van der Waals surface area (Å²) in [5, 5.41) is 0. The van der Waals surface area contributed by atoms with Crippen LogP contribution in [0, 0.1) is 0 Å². The second-order valence-electron chi connectivity index (χ2n) is 4.59. The van der Waals surface area contributed by atoms with Crippen LogP contribution in [-0.4, -0.2) is 13.1 Å². The standard InChI is InChI=1S/C16H22N4/c1-3-20(4-2)16-11-9-15(10-12-16)19-18-14-7-5-13(17)6-8-14/h5-12,18-19H,3-4,17H2,1-2H3. The maximum atomic E-state index is 5.65. The number of benzene rings is 2. The first-order valence-corrected chi connectivity index (χ1v) is 6.95. The zero-order valence-corrected chi connectivity index (χ0v) is 12.1. The van der Waals surface area contributed by atoms with Gasteiger partial charge in [-0.1, -0.05) is 0 Å². The molecule has 2 aromatic carbocycles. The molecular weight excluding hydrogens is 248 g/mol. The van der Waals surface area contributed by atoms with Crippen molar-refractivity contribution in [1.29, 1.82) is 0 Å². The number of nitrogens with two attached hydrogens (primary N) is 1. The quantitative estimate of drug-likeness (QED) is 0.555. The van der Waals surface area contributed by atoms with Crippen molar-refractivity contribution in [3.8, 4) is 0 Å². The number of nitrogen functional groups attached to an aromatic ring is 1. The van der Waals surface area contributed by atoms with Gasteiger partial charge < -0.3 is 21.5 Å². The molecule has 0 unspecified atom stereocenters. The van der Waals surface area contributed by atoms with E-state index in [1.165, 1.54) is 5.69 Å². The number of hydrogen-bond acceptors (Lipinski definition) is 4. The van der Waals surface area contributed by atoms with Gasteiger partial charge in [0.05, 0.1) is 11.4 Å². The van der Waals surface area contributed by atoms with Crippen molar-refractivity contribution in [2.24, 2.45) is 0 Å². The molecule has 20 heavy (non-hydrogen) atoms. The van der Waals surface area contributed by atoms with E-state index in [9.17, 15) is 0 Å². The van der Waals surface area contributed by atoms with E-state index in [-0.39, 0.29) is 0 Å². The molecule has 0 saturated heterocycles. The Kier molecular flexibility index (Phi) is 4.71. The van der Waals surface area contributed by atoms with Crippen molar-refractivity contribution >= 4 is 22.7 Å². The molecule has 0 aliphatic rings. The predicted molar refractivity (Wildman–Crippen MR) is 88.1 cm³/mol.